The number of allylic oxidation sites excluding steroid dienone is 2. The molecule has 3 fully saturated rings. The Morgan fingerprint density at radius 1 is 0.871 bits per heavy atom. The molecule has 0 spiro atoms. The number of non-ortho nitro benzene ring substituents is 1. The second-order valence-electron chi connectivity index (χ2n) is 8.31. The van der Waals surface area contributed by atoms with Crippen molar-refractivity contribution < 1.29 is 14.5 Å². The summed E-state index contributed by atoms with van der Waals surface area (Å²) in [6, 6.07) is 5.24. The number of hydrogen-bond acceptors (Lipinski definition) is 4. The molecule has 2 bridgehead atoms. The average Bonchev–Trinajstić information content (AvgIpc) is 3.10. The molecule has 2 saturated carbocycles. The van der Waals surface area contributed by atoms with E-state index in [4.69, 9.17) is 69.6 Å². The zero-order chi connectivity index (χ0) is 22.7. The Hall–Kier alpha value is -0.760. The Labute approximate surface area is 206 Å². The Balaban J connectivity index is 1.52. The largest absolute Gasteiger partial charge is 0.274 e. The Morgan fingerprint density at radius 2 is 1.29 bits per heavy atom. The van der Waals surface area contributed by atoms with Crippen LogP contribution < -0.4 is 4.90 Å². The third-order valence-corrected chi connectivity index (χ3v) is 11.5. The van der Waals surface area contributed by atoms with Crippen LogP contribution in [0, 0.1) is 33.8 Å². The monoisotopic (exact) mass is 542 g/mol. The first-order valence-electron chi connectivity index (χ1n) is 9.33. The van der Waals surface area contributed by atoms with Crippen molar-refractivity contribution in [1.82, 2.24) is 0 Å². The van der Waals surface area contributed by atoms with Crippen LogP contribution in [0.4, 0.5) is 11.4 Å². The fourth-order valence-corrected chi connectivity index (χ4v) is 8.81. The van der Waals surface area contributed by atoms with Gasteiger partial charge < -0.3 is 0 Å². The number of amides is 2. The van der Waals surface area contributed by atoms with Crippen molar-refractivity contribution in [2.24, 2.45) is 23.7 Å². The number of fused-ring (bicyclic) bond motifs is 6. The topological polar surface area (TPSA) is 80.5 Å². The van der Waals surface area contributed by atoms with Crippen molar-refractivity contribution in [2.75, 3.05) is 4.90 Å². The molecule has 1 aliphatic heterocycles. The lowest BCUT2D eigenvalue weighted by molar-refractivity contribution is -0.384. The summed E-state index contributed by atoms with van der Waals surface area (Å²) >= 11 is 39.8. The van der Waals surface area contributed by atoms with Gasteiger partial charge in [0, 0.05) is 12.1 Å². The lowest BCUT2D eigenvalue weighted by Crippen LogP contribution is -2.44. The van der Waals surface area contributed by atoms with Crippen molar-refractivity contribution in [1.29, 1.82) is 0 Å². The lowest BCUT2D eigenvalue weighted by atomic mass is 9.65. The summed E-state index contributed by atoms with van der Waals surface area (Å²) in [6.45, 7) is 0. The Kier molecular flexibility index (Phi) is 4.73. The maximum absolute atomic E-state index is 13.2. The Bertz CT molecular complexity index is 1040. The number of hydrogen-bond donors (Lipinski definition) is 0. The van der Waals surface area contributed by atoms with Crippen LogP contribution >= 0.6 is 69.6 Å². The number of nitrogens with zero attached hydrogens (tertiary/aromatic N) is 2. The summed E-state index contributed by atoms with van der Waals surface area (Å²) in [5.41, 5.74) is 0.123. The summed E-state index contributed by atoms with van der Waals surface area (Å²) in [6.07, 6.45) is 0.422. The number of alkyl halides is 4. The predicted molar refractivity (Wildman–Crippen MR) is 119 cm³/mol. The van der Waals surface area contributed by atoms with Crippen LogP contribution in [0.25, 0.3) is 0 Å². The van der Waals surface area contributed by atoms with E-state index in [1.807, 2.05) is 0 Å². The quantitative estimate of drug-likeness (QED) is 0.211. The maximum Gasteiger partial charge on any atom is 0.269 e. The number of carbonyl (C=O) groups is 2. The van der Waals surface area contributed by atoms with Gasteiger partial charge in [-0.2, -0.15) is 0 Å². The molecule has 1 heterocycles. The molecule has 6 atom stereocenters. The van der Waals surface area contributed by atoms with Crippen LogP contribution in [0.3, 0.4) is 0 Å². The molecule has 164 valence electrons. The Morgan fingerprint density at radius 3 is 1.68 bits per heavy atom. The molecule has 3 aliphatic carbocycles. The van der Waals surface area contributed by atoms with Gasteiger partial charge in [0.25, 0.3) is 5.69 Å². The first kappa shape index (κ1) is 22.1. The molecule has 2 amide bonds. The molecule has 6 nitrogen and oxygen atoms in total. The van der Waals surface area contributed by atoms with Crippen LogP contribution in [0.5, 0.6) is 0 Å². The van der Waals surface area contributed by atoms with Gasteiger partial charge in [-0.1, -0.05) is 46.4 Å². The van der Waals surface area contributed by atoms with Crippen LogP contribution in [-0.4, -0.2) is 30.8 Å². The van der Waals surface area contributed by atoms with Gasteiger partial charge in [-0.25, -0.2) is 0 Å². The van der Waals surface area contributed by atoms with Gasteiger partial charge in [0.05, 0.1) is 32.5 Å². The maximum atomic E-state index is 13.2. The number of rotatable bonds is 2. The first-order chi connectivity index (χ1) is 14.4. The summed E-state index contributed by atoms with van der Waals surface area (Å²) in [7, 11) is 0. The van der Waals surface area contributed by atoms with Crippen LogP contribution in [0.15, 0.2) is 34.3 Å². The molecule has 0 unspecified atom stereocenters. The minimum atomic E-state index is -1.71. The van der Waals surface area contributed by atoms with E-state index in [1.165, 1.54) is 24.3 Å². The van der Waals surface area contributed by atoms with Gasteiger partial charge in [-0.05, 0) is 36.8 Å². The summed E-state index contributed by atoms with van der Waals surface area (Å²) in [5, 5.41) is 11.0. The number of benzene rings is 1. The van der Waals surface area contributed by atoms with Gasteiger partial charge >= 0.3 is 0 Å². The van der Waals surface area contributed by atoms with Crippen LogP contribution in [-0.2, 0) is 9.59 Å². The van der Waals surface area contributed by atoms with E-state index in [0.717, 1.165) is 4.90 Å². The molecule has 0 radical (unpaired) electrons. The molecule has 0 aromatic heterocycles. The van der Waals surface area contributed by atoms with E-state index in [9.17, 15) is 19.7 Å². The highest BCUT2D eigenvalue weighted by atomic mass is 35.5. The van der Waals surface area contributed by atoms with Gasteiger partial charge in [0.1, 0.15) is 9.75 Å². The van der Waals surface area contributed by atoms with E-state index < -0.39 is 54.5 Å². The van der Waals surface area contributed by atoms with Crippen molar-refractivity contribution in [2.45, 2.75) is 26.9 Å². The van der Waals surface area contributed by atoms with E-state index in [-0.39, 0.29) is 34.3 Å². The molecule has 5 rings (SSSR count). The first-order valence-corrected chi connectivity index (χ1v) is 11.6. The molecule has 0 N–H and O–H groups in total. The third kappa shape index (κ3) is 2.39. The van der Waals surface area contributed by atoms with Crippen molar-refractivity contribution in [3.05, 3.63) is 44.4 Å². The standard InChI is InChI=1S/C19H12Cl6N2O4/c20-13-14(21)18(23)12-6-10-9(5-11(12)17(13,22)19(18,24)25)15(28)26(16(10)29)7-1-3-8(4-2-7)27(30)31/h1-4,9-12H,5-6H2/t9-,10+,11+,12-,17-,18-/m1/s1. The zero-order valence-electron chi connectivity index (χ0n) is 15.3. The van der Waals surface area contributed by atoms with E-state index in [2.05, 4.69) is 0 Å². The molecule has 31 heavy (non-hydrogen) atoms. The van der Waals surface area contributed by atoms with Gasteiger partial charge in [-0.3, -0.25) is 24.6 Å². The highest BCUT2D eigenvalue weighted by Crippen LogP contribution is 2.79. The SMILES string of the molecule is O=C1[C@H]2C[C@@H]3[C@H](C[C@H]2C(=O)N1c1ccc([N+](=O)[O-])cc1)[C@@]1(Cl)C(Cl)=C(Cl)[C@@]3(Cl)C1(Cl)Cl. The number of anilines is 1. The number of halogens is 6. The number of nitro groups is 1. The van der Waals surface area contributed by atoms with Crippen LogP contribution in [0.2, 0.25) is 0 Å². The van der Waals surface area contributed by atoms with E-state index in [1.54, 1.807) is 0 Å². The fourth-order valence-electron chi connectivity index (χ4n) is 5.70. The smallest absolute Gasteiger partial charge is 0.269 e. The highest BCUT2D eigenvalue weighted by Gasteiger charge is 2.83. The zero-order valence-corrected chi connectivity index (χ0v) is 19.9. The number of nitro benzene ring substituents is 1. The van der Waals surface area contributed by atoms with Crippen LogP contribution in [0.1, 0.15) is 12.8 Å². The highest BCUT2D eigenvalue weighted by molar-refractivity contribution is 6.65. The number of imide groups is 1. The minimum absolute atomic E-state index is 0.0690. The third-order valence-electron chi connectivity index (χ3n) is 7.15. The second-order valence-corrected chi connectivity index (χ2v) is 11.6. The summed E-state index contributed by atoms with van der Waals surface area (Å²) in [4.78, 5) is 34.9. The molecular formula is C19H12Cl6N2O4. The molecule has 12 heteroatoms. The normalized spacial score (nSPS) is 40.4. The molecule has 4 aliphatic rings. The summed E-state index contributed by atoms with van der Waals surface area (Å²) in [5.74, 6) is -3.07. The molecular weight excluding hydrogens is 533 g/mol. The van der Waals surface area contributed by atoms with E-state index >= 15 is 0 Å². The van der Waals surface area contributed by atoms with Crippen molar-refractivity contribution in [3.8, 4) is 0 Å². The molecule has 1 aromatic carbocycles. The lowest BCUT2D eigenvalue weighted by Gasteiger charge is -2.42. The second kappa shape index (κ2) is 6.64. The fraction of sp³-hybridized carbons (Fsp3) is 0.474. The van der Waals surface area contributed by atoms with Gasteiger partial charge in [-0.15, -0.1) is 23.2 Å². The predicted octanol–water partition coefficient (Wildman–Crippen LogP) is 5.57. The minimum Gasteiger partial charge on any atom is -0.274 e. The summed E-state index contributed by atoms with van der Waals surface area (Å²) < 4.78 is -1.71. The number of carbonyl (C=O) groups excluding carboxylic acids is 2. The van der Waals surface area contributed by atoms with Gasteiger partial charge in [0.15, 0.2) is 4.33 Å². The van der Waals surface area contributed by atoms with Gasteiger partial charge in [0.2, 0.25) is 11.8 Å². The van der Waals surface area contributed by atoms with E-state index in [0.29, 0.717) is 0 Å². The molecule has 1 aromatic rings. The molecule has 1 saturated heterocycles. The average molecular weight is 545 g/mol. The van der Waals surface area contributed by atoms with Crippen molar-refractivity contribution >= 4 is 92.8 Å². The van der Waals surface area contributed by atoms with Crippen molar-refractivity contribution in [3.63, 3.8) is 0 Å².